The minimum atomic E-state index is -0.415. The Labute approximate surface area is 178 Å². The monoisotopic (exact) mass is 409 g/mol. The van der Waals surface area contributed by atoms with Gasteiger partial charge in [0.25, 0.3) is 0 Å². The van der Waals surface area contributed by atoms with Gasteiger partial charge in [-0.1, -0.05) is 24.3 Å². The third-order valence-electron chi connectivity index (χ3n) is 6.39. The lowest BCUT2D eigenvalue weighted by Gasteiger charge is -2.46. The van der Waals surface area contributed by atoms with Gasteiger partial charge in [0.15, 0.2) is 11.5 Å². The van der Waals surface area contributed by atoms with Gasteiger partial charge in [0.05, 0.1) is 7.11 Å². The zero-order valence-electron chi connectivity index (χ0n) is 17.9. The van der Waals surface area contributed by atoms with Gasteiger partial charge in [0.2, 0.25) is 0 Å². The largest absolute Gasteiger partial charge is 0.507 e. The number of ether oxygens (including phenoxy) is 1. The van der Waals surface area contributed by atoms with Gasteiger partial charge in [-0.05, 0) is 44.9 Å². The number of methoxy groups -OCH3 is 1. The van der Waals surface area contributed by atoms with E-state index >= 15 is 0 Å². The molecular weight excluding hydrogens is 378 g/mol. The summed E-state index contributed by atoms with van der Waals surface area (Å²) in [6, 6.07) is 13.3. The molecule has 3 N–H and O–H groups in total. The molecule has 2 aromatic carbocycles. The first kappa shape index (κ1) is 20.7. The standard InChI is InChI=1S/C24H31N3O3/c1-16(2)27-13-11-24(12-14-27)25-19(17-7-4-5-9-21(17)28)15-20(26-24)18-8-6-10-22(30-3)23(18)29/h4-10,16,20,26,28-29H,11-15H2,1-3H3. The number of phenols is 2. The van der Waals surface area contributed by atoms with Crippen molar-refractivity contribution in [3.8, 4) is 17.2 Å². The Kier molecular flexibility index (Phi) is 5.71. The van der Waals surface area contributed by atoms with Gasteiger partial charge in [0.1, 0.15) is 11.4 Å². The first-order chi connectivity index (χ1) is 14.4. The predicted octanol–water partition coefficient (Wildman–Crippen LogP) is 3.83. The molecular formula is C24H31N3O3. The van der Waals surface area contributed by atoms with Gasteiger partial charge >= 0.3 is 0 Å². The van der Waals surface area contributed by atoms with Crippen molar-refractivity contribution in [1.82, 2.24) is 10.2 Å². The van der Waals surface area contributed by atoms with Crippen LogP contribution in [0.3, 0.4) is 0 Å². The third-order valence-corrected chi connectivity index (χ3v) is 6.39. The zero-order chi connectivity index (χ0) is 21.3. The molecule has 2 heterocycles. The van der Waals surface area contributed by atoms with Crippen molar-refractivity contribution >= 4 is 5.71 Å². The number of phenolic OH excluding ortho intramolecular Hbond substituents is 2. The van der Waals surface area contributed by atoms with Crippen LogP contribution < -0.4 is 10.1 Å². The first-order valence-corrected chi connectivity index (χ1v) is 10.7. The van der Waals surface area contributed by atoms with Crippen molar-refractivity contribution < 1.29 is 14.9 Å². The number of nitrogens with zero attached hydrogens (tertiary/aromatic N) is 2. The number of piperidine rings is 1. The van der Waals surface area contributed by atoms with Gasteiger partial charge < -0.3 is 19.8 Å². The molecule has 6 nitrogen and oxygen atoms in total. The lowest BCUT2D eigenvalue weighted by Crippen LogP contribution is -2.56. The summed E-state index contributed by atoms with van der Waals surface area (Å²) in [7, 11) is 1.56. The number of nitrogens with one attached hydrogen (secondary N) is 1. The summed E-state index contributed by atoms with van der Waals surface area (Å²) in [5.74, 6) is 0.858. The van der Waals surface area contributed by atoms with E-state index in [9.17, 15) is 10.2 Å². The predicted molar refractivity (Wildman–Crippen MR) is 118 cm³/mol. The van der Waals surface area contributed by atoms with Crippen LogP contribution in [0.4, 0.5) is 0 Å². The molecule has 1 spiro atoms. The van der Waals surface area contributed by atoms with Crippen LogP contribution in [0.2, 0.25) is 0 Å². The molecule has 2 aliphatic rings. The molecule has 1 fully saturated rings. The van der Waals surface area contributed by atoms with Crippen molar-refractivity contribution in [3.05, 3.63) is 53.6 Å². The Morgan fingerprint density at radius 3 is 2.50 bits per heavy atom. The highest BCUT2D eigenvalue weighted by molar-refractivity contribution is 6.03. The Hall–Kier alpha value is -2.57. The maximum absolute atomic E-state index is 10.8. The molecule has 1 unspecified atom stereocenters. The molecule has 6 heteroatoms. The van der Waals surface area contributed by atoms with E-state index in [1.165, 1.54) is 0 Å². The fourth-order valence-electron chi connectivity index (χ4n) is 4.63. The molecule has 0 amide bonds. The van der Waals surface area contributed by atoms with Crippen molar-refractivity contribution in [1.29, 1.82) is 0 Å². The molecule has 0 saturated carbocycles. The Balaban J connectivity index is 1.73. The van der Waals surface area contributed by atoms with Crippen LogP contribution in [0.15, 0.2) is 47.5 Å². The van der Waals surface area contributed by atoms with E-state index in [4.69, 9.17) is 9.73 Å². The Bertz CT molecular complexity index is 933. The summed E-state index contributed by atoms with van der Waals surface area (Å²) < 4.78 is 5.33. The average molecular weight is 410 g/mol. The molecule has 0 aliphatic carbocycles. The quantitative estimate of drug-likeness (QED) is 0.715. The minimum absolute atomic E-state index is 0.127. The van der Waals surface area contributed by atoms with E-state index in [0.29, 0.717) is 18.2 Å². The fraction of sp³-hybridized carbons (Fsp3) is 0.458. The normalized spacial score (nSPS) is 21.6. The smallest absolute Gasteiger partial charge is 0.162 e. The molecule has 2 aliphatic heterocycles. The second-order valence-electron chi connectivity index (χ2n) is 8.54. The van der Waals surface area contributed by atoms with Gasteiger partial charge in [-0.25, -0.2) is 0 Å². The highest BCUT2D eigenvalue weighted by Crippen LogP contribution is 2.41. The summed E-state index contributed by atoms with van der Waals surface area (Å²) in [6.45, 7) is 6.36. The maximum atomic E-state index is 10.8. The molecule has 30 heavy (non-hydrogen) atoms. The van der Waals surface area contributed by atoms with Crippen LogP contribution in [0, 0.1) is 0 Å². The molecule has 4 rings (SSSR count). The minimum Gasteiger partial charge on any atom is -0.507 e. The molecule has 0 radical (unpaired) electrons. The van der Waals surface area contributed by atoms with E-state index < -0.39 is 5.66 Å². The number of likely N-dealkylation sites (tertiary alicyclic amines) is 1. The Morgan fingerprint density at radius 1 is 1.10 bits per heavy atom. The number of aromatic hydroxyl groups is 2. The van der Waals surface area contributed by atoms with E-state index in [1.54, 1.807) is 19.2 Å². The van der Waals surface area contributed by atoms with E-state index in [2.05, 4.69) is 24.1 Å². The van der Waals surface area contributed by atoms with E-state index in [1.807, 2.05) is 30.3 Å². The van der Waals surface area contributed by atoms with Crippen LogP contribution in [0.25, 0.3) is 0 Å². The van der Waals surface area contributed by atoms with Crippen molar-refractivity contribution in [2.75, 3.05) is 20.2 Å². The number of benzene rings is 2. The van der Waals surface area contributed by atoms with Crippen LogP contribution in [-0.2, 0) is 0 Å². The third kappa shape index (κ3) is 3.89. The van der Waals surface area contributed by atoms with Crippen molar-refractivity contribution in [2.45, 2.75) is 50.9 Å². The molecule has 1 atom stereocenters. The van der Waals surface area contributed by atoms with Gasteiger partial charge in [-0.15, -0.1) is 0 Å². The highest BCUT2D eigenvalue weighted by atomic mass is 16.5. The molecule has 1 saturated heterocycles. The van der Waals surface area contributed by atoms with Crippen LogP contribution >= 0.6 is 0 Å². The van der Waals surface area contributed by atoms with Gasteiger partial charge in [-0.3, -0.25) is 10.3 Å². The summed E-state index contributed by atoms with van der Waals surface area (Å²) in [6.07, 6.45) is 2.33. The van der Waals surface area contributed by atoms with Gasteiger partial charge in [0, 0.05) is 48.4 Å². The lowest BCUT2D eigenvalue weighted by atomic mass is 9.87. The summed E-state index contributed by atoms with van der Waals surface area (Å²) >= 11 is 0. The SMILES string of the molecule is COc1cccc(C2CC(c3ccccc3O)=NC3(CCN(C(C)C)CC3)N2)c1O. The highest BCUT2D eigenvalue weighted by Gasteiger charge is 2.41. The molecule has 160 valence electrons. The zero-order valence-corrected chi connectivity index (χ0v) is 17.9. The number of hydrogen-bond donors (Lipinski definition) is 3. The Morgan fingerprint density at radius 2 is 1.83 bits per heavy atom. The topological polar surface area (TPSA) is 77.3 Å². The summed E-state index contributed by atoms with van der Waals surface area (Å²) in [5.41, 5.74) is 2.01. The fourth-order valence-corrected chi connectivity index (χ4v) is 4.63. The number of para-hydroxylation sites is 2. The second kappa shape index (κ2) is 8.28. The van der Waals surface area contributed by atoms with Crippen molar-refractivity contribution in [2.24, 2.45) is 4.99 Å². The van der Waals surface area contributed by atoms with Crippen LogP contribution in [0.1, 0.15) is 50.3 Å². The van der Waals surface area contributed by atoms with Gasteiger partial charge in [-0.2, -0.15) is 0 Å². The summed E-state index contributed by atoms with van der Waals surface area (Å²) in [5, 5.41) is 25.0. The maximum Gasteiger partial charge on any atom is 0.162 e. The average Bonchev–Trinajstić information content (AvgIpc) is 2.74. The van der Waals surface area contributed by atoms with Crippen LogP contribution in [0.5, 0.6) is 17.2 Å². The first-order valence-electron chi connectivity index (χ1n) is 10.7. The molecule has 2 aromatic rings. The number of hydrogen-bond acceptors (Lipinski definition) is 6. The second-order valence-corrected chi connectivity index (χ2v) is 8.54. The number of rotatable bonds is 4. The number of aliphatic imine (C=N–C) groups is 1. The molecule has 0 bridgehead atoms. The molecule has 0 aromatic heterocycles. The van der Waals surface area contributed by atoms with E-state index in [-0.39, 0.29) is 17.5 Å². The lowest BCUT2D eigenvalue weighted by molar-refractivity contribution is 0.103. The summed E-state index contributed by atoms with van der Waals surface area (Å²) in [4.78, 5) is 7.62. The van der Waals surface area contributed by atoms with Crippen molar-refractivity contribution in [3.63, 3.8) is 0 Å². The van der Waals surface area contributed by atoms with E-state index in [0.717, 1.165) is 42.8 Å². The van der Waals surface area contributed by atoms with Crippen LogP contribution in [-0.4, -0.2) is 52.7 Å².